The predicted octanol–water partition coefficient (Wildman–Crippen LogP) is 2.81. The first-order valence-electron chi connectivity index (χ1n) is 3.33. The molecule has 0 heterocycles. The summed E-state index contributed by atoms with van der Waals surface area (Å²) in [6.45, 7) is 0. The third kappa shape index (κ3) is 8.06. The van der Waals surface area contributed by atoms with Crippen molar-refractivity contribution in [3.8, 4) is 0 Å². The summed E-state index contributed by atoms with van der Waals surface area (Å²) in [5, 5.41) is 0. The number of rotatable bonds is 0. The van der Waals surface area contributed by atoms with Gasteiger partial charge in [-0.1, -0.05) is 0 Å². The largest absolute Gasteiger partial charge is 0.748 e. The van der Waals surface area contributed by atoms with E-state index in [4.69, 9.17) is 0 Å². The molecule has 0 unspecified atom stereocenters. The van der Waals surface area contributed by atoms with E-state index in [-0.39, 0.29) is 39.4 Å². The summed E-state index contributed by atoms with van der Waals surface area (Å²) >= 11 is 0. The Labute approximate surface area is 99.7 Å². The molecule has 2 aromatic rings. The summed E-state index contributed by atoms with van der Waals surface area (Å²) in [7, 11) is 0. The molecule has 2 heteroatoms. The Balaban J connectivity index is 0. The van der Waals surface area contributed by atoms with Crippen molar-refractivity contribution in [2.45, 2.75) is 0 Å². The van der Waals surface area contributed by atoms with Gasteiger partial charge < -0.3 is 30.3 Å². The molecule has 0 aromatic heterocycles. The van der Waals surface area contributed by atoms with E-state index >= 15 is 0 Å². The molecule has 0 aliphatic rings. The molecule has 1 radical (unpaired) electrons. The summed E-state index contributed by atoms with van der Waals surface area (Å²) < 4.78 is 0. The van der Waals surface area contributed by atoms with E-state index in [1.807, 2.05) is 60.7 Å². The van der Waals surface area contributed by atoms with Gasteiger partial charge in [-0.15, -0.1) is 0 Å². The molecular formula is C10H10AgFe-6. The quantitative estimate of drug-likeness (QED) is 0.518. The average Bonchev–Trinajstić information content (AvgIpc) is 2.67. The van der Waals surface area contributed by atoms with Gasteiger partial charge in [0, 0.05) is 39.4 Å². The van der Waals surface area contributed by atoms with Gasteiger partial charge in [-0.2, -0.15) is 18.2 Å². The first kappa shape index (κ1) is 14.5. The molecule has 2 aromatic carbocycles. The van der Waals surface area contributed by atoms with Crippen LogP contribution in [-0.2, 0) is 39.4 Å². The Bertz CT molecular complexity index is 149. The molecular weight excluding hydrogens is 284 g/mol. The van der Waals surface area contributed by atoms with Crippen molar-refractivity contribution in [2.75, 3.05) is 0 Å². The zero-order valence-corrected chi connectivity index (χ0v) is 9.02. The zero-order chi connectivity index (χ0) is 7.07. The van der Waals surface area contributed by atoms with Crippen LogP contribution in [0.1, 0.15) is 0 Å². The van der Waals surface area contributed by atoms with Crippen molar-refractivity contribution in [1.29, 1.82) is 0 Å². The normalized spacial score (nSPS) is 6.67. The molecule has 0 aliphatic carbocycles. The van der Waals surface area contributed by atoms with Crippen LogP contribution < -0.4 is 0 Å². The van der Waals surface area contributed by atoms with Crippen molar-refractivity contribution in [2.24, 2.45) is 0 Å². The maximum absolute atomic E-state index is 2.00. The molecule has 0 nitrogen and oxygen atoms in total. The Morgan fingerprint density at radius 2 is 1.00 bits per heavy atom. The van der Waals surface area contributed by atoms with Gasteiger partial charge in [0.05, 0.1) is 0 Å². The van der Waals surface area contributed by atoms with E-state index in [1.54, 1.807) is 0 Å². The van der Waals surface area contributed by atoms with Crippen LogP contribution in [0, 0.1) is 0 Å². The molecule has 12 heavy (non-hydrogen) atoms. The Morgan fingerprint density at radius 1 is 0.667 bits per heavy atom. The third-order valence-electron chi connectivity index (χ3n) is 1.11. The van der Waals surface area contributed by atoms with Crippen molar-refractivity contribution >= 4 is 0 Å². The van der Waals surface area contributed by atoms with Crippen LogP contribution in [0.3, 0.4) is 0 Å². The summed E-state index contributed by atoms with van der Waals surface area (Å²) in [4.78, 5) is 0. The molecule has 0 fully saturated rings. The van der Waals surface area contributed by atoms with Crippen molar-refractivity contribution in [3.05, 3.63) is 60.7 Å². The SMILES string of the molecule is [Ag].[Fe].[cH-]1[cH-][cH-][cH-][cH-]1.c1cc[cH-]c1. The van der Waals surface area contributed by atoms with Crippen LogP contribution in [0.25, 0.3) is 0 Å². The molecule has 2 rings (SSSR count). The first-order valence-corrected chi connectivity index (χ1v) is 3.33. The van der Waals surface area contributed by atoms with Crippen LogP contribution in [0.15, 0.2) is 60.7 Å². The van der Waals surface area contributed by atoms with Gasteiger partial charge >= 0.3 is 0 Å². The standard InChI is InChI=1S/2C5H5.Ag.Fe/c2*1-2-4-5-3-1;;/h2*1-5H;;/q-5;-1;;. The Kier molecular flexibility index (Phi) is 13.2. The second-order valence-electron chi connectivity index (χ2n) is 1.92. The summed E-state index contributed by atoms with van der Waals surface area (Å²) in [5.41, 5.74) is 0. The minimum atomic E-state index is 0. The fraction of sp³-hybridized carbons (Fsp3) is 0. The number of hydrogen-bond donors (Lipinski definition) is 0. The minimum Gasteiger partial charge on any atom is -0.748 e. The Morgan fingerprint density at radius 3 is 1.17 bits per heavy atom. The molecule has 0 atom stereocenters. The van der Waals surface area contributed by atoms with E-state index in [0.717, 1.165) is 0 Å². The van der Waals surface area contributed by atoms with Gasteiger partial charge in [0.15, 0.2) is 0 Å². The third-order valence-corrected chi connectivity index (χ3v) is 1.11. The molecule has 0 aliphatic heterocycles. The van der Waals surface area contributed by atoms with Crippen LogP contribution in [0.5, 0.6) is 0 Å². The average molecular weight is 294 g/mol. The summed E-state index contributed by atoms with van der Waals surface area (Å²) in [6, 6.07) is 20.0. The van der Waals surface area contributed by atoms with E-state index in [0.29, 0.717) is 0 Å². The van der Waals surface area contributed by atoms with Crippen molar-refractivity contribution in [1.82, 2.24) is 0 Å². The summed E-state index contributed by atoms with van der Waals surface area (Å²) in [6.07, 6.45) is 0. The monoisotopic (exact) mass is 293 g/mol. The van der Waals surface area contributed by atoms with Crippen molar-refractivity contribution in [3.63, 3.8) is 0 Å². The van der Waals surface area contributed by atoms with Gasteiger partial charge in [0.1, 0.15) is 0 Å². The van der Waals surface area contributed by atoms with Crippen molar-refractivity contribution < 1.29 is 39.4 Å². The first-order chi connectivity index (χ1) is 5.00. The molecule has 75 valence electrons. The smallest absolute Gasteiger partial charge is 0 e. The maximum Gasteiger partial charge on any atom is 0 e. The van der Waals surface area contributed by atoms with E-state index in [9.17, 15) is 0 Å². The van der Waals surface area contributed by atoms with Gasteiger partial charge in [-0.05, 0) is 0 Å². The fourth-order valence-corrected chi connectivity index (χ4v) is 0.642. The van der Waals surface area contributed by atoms with Gasteiger partial charge in [-0.3, -0.25) is 0 Å². The molecule has 0 amide bonds. The molecule has 0 spiro atoms. The number of hydrogen-bond acceptors (Lipinski definition) is 0. The second kappa shape index (κ2) is 11.0. The topological polar surface area (TPSA) is 0 Å². The fourth-order valence-electron chi connectivity index (χ4n) is 0.642. The minimum absolute atomic E-state index is 0. The zero-order valence-electron chi connectivity index (χ0n) is 6.43. The Hall–Kier alpha value is -0.0403. The maximum atomic E-state index is 2.00. The van der Waals surface area contributed by atoms with Gasteiger partial charge in [0.25, 0.3) is 0 Å². The molecule has 0 saturated heterocycles. The van der Waals surface area contributed by atoms with Crippen LogP contribution >= 0.6 is 0 Å². The van der Waals surface area contributed by atoms with Crippen LogP contribution in [0.2, 0.25) is 0 Å². The van der Waals surface area contributed by atoms with E-state index in [2.05, 4.69) is 0 Å². The molecule has 0 bridgehead atoms. The predicted molar refractivity (Wildman–Crippen MR) is 44.1 cm³/mol. The molecule has 0 saturated carbocycles. The summed E-state index contributed by atoms with van der Waals surface area (Å²) in [5.74, 6) is 0. The second-order valence-corrected chi connectivity index (χ2v) is 1.92. The van der Waals surface area contributed by atoms with Gasteiger partial charge in [0.2, 0.25) is 0 Å². The van der Waals surface area contributed by atoms with E-state index < -0.39 is 0 Å². The van der Waals surface area contributed by atoms with Gasteiger partial charge in [-0.25, -0.2) is 12.1 Å². The van der Waals surface area contributed by atoms with E-state index in [1.165, 1.54) is 0 Å². The molecule has 0 N–H and O–H groups in total. The van der Waals surface area contributed by atoms with Crippen LogP contribution in [-0.4, -0.2) is 0 Å². The van der Waals surface area contributed by atoms with Crippen LogP contribution in [0.4, 0.5) is 0 Å².